The molecule has 0 radical (unpaired) electrons. The van der Waals surface area contributed by atoms with Gasteiger partial charge in [-0.2, -0.15) is 10.4 Å². The predicted molar refractivity (Wildman–Crippen MR) is 149 cm³/mol. The molecule has 8 heteroatoms. The van der Waals surface area contributed by atoms with Crippen LogP contribution in [0.3, 0.4) is 0 Å². The lowest BCUT2D eigenvalue weighted by atomic mass is 9.84. The van der Waals surface area contributed by atoms with Crippen molar-refractivity contribution in [2.24, 2.45) is 4.99 Å². The minimum Gasteiger partial charge on any atom is -0.346 e. The van der Waals surface area contributed by atoms with Gasteiger partial charge in [-0.05, 0) is 38.4 Å². The van der Waals surface area contributed by atoms with E-state index in [0.29, 0.717) is 19.0 Å². The first kappa shape index (κ1) is 24.4. The van der Waals surface area contributed by atoms with Gasteiger partial charge in [0.25, 0.3) is 0 Å². The Morgan fingerprint density at radius 1 is 1.23 bits per heavy atom. The van der Waals surface area contributed by atoms with Crippen LogP contribution in [-0.2, 0) is 23.8 Å². The van der Waals surface area contributed by atoms with Crippen molar-refractivity contribution in [3.05, 3.63) is 46.5 Å². The van der Waals surface area contributed by atoms with Crippen LogP contribution in [0.1, 0.15) is 63.6 Å². The number of nitriles is 1. The quantitative estimate of drug-likeness (QED) is 0.495. The molecule has 1 aliphatic carbocycles. The predicted octanol–water partition coefficient (Wildman–Crippen LogP) is 5.74. The average molecular weight is 507 g/mol. The van der Waals surface area contributed by atoms with Crippen LogP contribution in [0.2, 0.25) is 0 Å². The molecule has 0 amide bonds. The maximum atomic E-state index is 9.19. The molecule has 0 saturated heterocycles. The van der Waals surface area contributed by atoms with Gasteiger partial charge in [-0.25, -0.2) is 9.67 Å². The Bertz CT molecular complexity index is 1310. The summed E-state index contributed by atoms with van der Waals surface area (Å²) >= 11 is 6.89. The van der Waals surface area contributed by atoms with Crippen molar-refractivity contribution in [2.75, 3.05) is 19.0 Å². The number of hydrogen-bond acceptors (Lipinski definition) is 5. The van der Waals surface area contributed by atoms with Crippen LogP contribution in [0.4, 0.5) is 11.5 Å². The van der Waals surface area contributed by atoms with Crippen LogP contribution in [0.15, 0.2) is 40.3 Å². The summed E-state index contributed by atoms with van der Waals surface area (Å²) in [4.78, 5) is 7.33. The fourth-order valence-corrected chi connectivity index (χ4v) is 11.2. The number of para-hydroxylation sites is 1. The second-order valence-corrected chi connectivity index (χ2v) is 14.8. The molecule has 3 heterocycles. The smallest absolute Gasteiger partial charge is 0.160 e. The molecule has 0 N–H and O–H groups in total. The Hall–Kier alpha value is -2.26. The molecule has 6 nitrogen and oxygen atoms in total. The summed E-state index contributed by atoms with van der Waals surface area (Å²) in [7, 11) is 4.42. The lowest BCUT2D eigenvalue weighted by Gasteiger charge is -2.43. The van der Waals surface area contributed by atoms with E-state index in [9.17, 15) is 5.26 Å². The summed E-state index contributed by atoms with van der Waals surface area (Å²) in [6.07, 6.45) is 6.22. The molecule has 0 bridgehead atoms. The van der Waals surface area contributed by atoms with Gasteiger partial charge >= 0.3 is 0 Å². The first-order valence-corrected chi connectivity index (χ1v) is 15.4. The molecule has 1 atom stereocenters. The number of benzene rings is 1. The van der Waals surface area contributed by atoms with Crippen molar-refractivity contribution in [2.45, 2.75) is 77.3 Å². The highest BCUT2D eigenvalue weighted by Crippen LogP contribution is 2.64. The molecule has 184 valence electrons. The molecule has 1 unspecified atom stereocenters. The highest BCUT2D eigenvalue weighted by atomic mass is 32.4. The topological polar surface area (TPSA) is 60.5 Å². The van der Waals surface area contributed by atoms with E-state index >= 15 is 0 Å². The zero-order valence-corrected chi connectivity index (χ0v) is 23.2. The van der Waals surface area contributed by atoms with Gasteiger partial charge in [0.05, 0.1) is 36.2 Å². The molecule has 1 aromatic heterocycles. The van der Waals surface area contributed by atoms with Crippen LogP contribution in [0, 0.1) is 18.3 Å². The minimum absolute atomic E-state index is 0.188. The van der Waals surface area contributed by atoms with E-state index in [2.05, 4.69) is 74.8 Å². The Balaban J connectivity index is 1.76. The maximum Gasteiger partial charge on any atom is 0.160 e. The summed E-state index contributed by atoms with van der Waals surface area (Å²) < 4.78 is 4.45. The van der Waals surface area contributed by atoms with Crippen LogP contribution < -0.4 is 10.2 Å². The van der Waals surface area contributed by atoms with Gasteiger partial charge in [0.1, 0.15) is 0 Å². The molecule has 5 rings (SSSR count). The van der Waals surface area contributed by atoms with Crippen LogP contribution in [0.25, 0.3) is 0 Å². The van der Waals surface area contributed by atoms with Crippen molar-refractivity contribution >= 4 is 41.0 Å². The second-order valence-electron chi connectivity index (χ2n) is 10.5. The van der Waals surface area contributed by atoms with E-state index in [0.717, 1.165) is 16.8 Å². The number of fused-ring (bicyclic) bond motifs is 2. The third kappa shape index (κ3) is 3.65. The monoisotopic (exact) mass is 506 g/mol. The normalized spacial score (nSPS) is 25.6. The van der Waals surface area contributed by atoms with E-state index in [1.165, 1.54) is 54.4 Å². The van der Waals surface area contributed by atoms with Crippen molar-refractivity contribution < 1.29 is 0 Å². The van der Waals surface area contributed by atoms with Crippen molar-refractivity contribution in [1.82, 2.24) is 14.5 Å². The van der Waals surface area contributed by atoms with Crippen molar-refractivity contribution in [3.63, 3.8) is 0 Å². The first-order valence-electron chi connectivity index (χ1n) is 12.6. The third-order valence-electron chi connectivity index (χ3n) is 8.10. The fourth-order valence-electron chi connectivity index (χ4n) is 6.35. The van der Waals surface area contributed by atoms with Gasteiger partial charge in [0, 0.05) is 41.4 Å². The molecule has 3 aliphatic rings. The number of rotatable bonds is 4. The SMILES string of the molecule is Cc1nn(CCC#N)c2c1P(=S)(N(C)C1CCCCC1)C(=C1N(C)c3ccccc3C1(C)C)C=N2. The van der Waals surface area contributed by atoms with E-state index in [1.807, 2.05) is 10.9 Å². The molecular weight excluding hydrogens is 471 g/mol. The molecule has 1 saturated carbocycles. The van der Waals surface area contributed by atoms with E-state index in [4.69, 9.17) is 21.9 Å². The average Bonchev–Trinajstić information content (AvgIpc) is 3.29. The van der Waals surface area contributed by atoms with Crippen LogP contribution >= 0.6 is 6.19 Å². The fraction of sp³-hybridized carbons (Fsp3) is 0.519. The number of allylic oxidation sites excluding steroid dienone is 2. The minimum atomic E-state index is -2.43. The van der Waals surface area contributed by atoms with Crippen LogP contribution in [-0.4, -0.2) is 40.8 Å². The molecular formula is C27H35N6PS. The van der Waals surface area contributed by atoms with E-state index in [1.54, 1.807) is 0 Å². The number of aliphatic imine (C=N–C) groups is 1. The summed E-state index contributed by atoms with van der Waals surface area (Å²) in [5.74, 6) is 0.851. The van der Waals surface area contributed by atoms with Gasteiger partial charge in [-0.1, -0.05) is 63.1 Å². The highest BCUT2D eigenvalue weighted by Gasteiger charge is 2.48. The Morgan fingerprint density at radius 3 is 2.63 bits per heavy atom. The largest absolute Gasteiger partial charge is 0.346 e. The zero-order chi connectivity index (χ0) is 25.0. The molecule has 1 aromatic carbocycles. The van der Waals surface area contributed by atoms with E-state index in [-0.39, 0.29) is 5.41 Å². The number of aromatic nitrogens is 2. The summed E-state index contributed by atoms with van der Waals surface area (Å²) in [6.45, 7) is 7.23. The van der Waals surface area contributed by atoms with Crippen molar-refractivity contribution in [1.29, 1.82) is 5.26 Å². The third-order valence-corrected chi connectivity index (χ3v) is 13.3. The van der Waals surface area contributed by atoms with Gasteiger partial charge in [-0.15, -0.1) is 0 Å². The Morgan fingerprint density at radius 2 is 1.94 bits per heavy atom. The molecule has 35 heavy (non-hydrogen) atoms. The standard InChI is InChI=1S/C27H35N6PS/c1-19-24-26(33(30-19)17-11-16-28)29-18-23(34(24,35)32(5)20-12-7-6-8-13-20)25-27(2,3)21-14-9-10-15-22(21)31(25)4/h9-10,14-15,18,20H,6-8,11-13,17H2,1-5H3. The van der Waals surface area contributed by atoms with Crippen molar-refractivity contribution in [3.8, 4) is 6.07 Å². The number of hydrogen-bond donors (Lipinski definition) is 0. The molecule has 2 aromatic rings. The van der Waals surface area contributed by atoms with Gasteiger partial charge in [0.2, 0.25) is 0 Å². The summed E-state index contributed by atoms with van der Waals surface area (Å²) in [6, 6.07) is 11.4. The van der Waals surface area contributed by atoms with Gasteiger partial charge in [-0.3, -0.25) is 4.67 Å². The second kappa shape index (κ2) is 9.00. The highest BCUT2D eigenvalue weighted by molar-refractivity contribution is 8.19. The number of anilines is 1. The molecule has 2 aliphatic heterocycles. The molecule has 1 fully saturated rings. The number of aryl methyl sites for hydroxylation is 2. The van der Waals surface area contributed by atoms with E-state index < -0.39 is 6.19 Å². The Labute approximate surface area is 214 Å². The number of nitrogens with zero attached hydrogens (tertiary/aromatic N) is 6. The summed E-state index contributed by atoms with van der Waals surface area (Å²) in [5, 5.41) is 16.3. The maximum absolute atomic E-state index is 9.19. The zero-order valence-electron chi connectivity index (χ0n) is 21.5. The number of likely N-dealkylation sites (N-methyl/N-ethyl adjacent to an activating group) is 1. The van der Waals surface area contributed by atoms with Gasteiger partial charge < -0.3 is 4.90 Å². The summed E-state index contributed by atoms with van der Waals surface area (Å²) in [5.41, 5.74) is 4.58. The van der Waals surface area contributed by atoms with Gasteiger partial charge in [0.15, 0.2) is 5.82 Å². The molecule has 0 spiro atoms. The first-order chi connectivity index (χ1) is 16.7. The lowest BCUT2D eigenvalue weighted by molar-refractivity contribution is 0.299. The lowest BCUT2D eigenvalue weighted by Crippen LogP contribution is -2.38. The Kier molecular flexibility index (Phi) is 6.28. The van der Waals surface area contributed by atoms with Crippen LogP contribution in [0.5, 0.6) is 0 Å².